The number of halogens is 2. The van der Waals surface area contributed by atoms with Gasteiger partial charge in [0.05, 0.1) is 10.6 Å². The molecule has 4 aromatic carbocycles. The Bertz CT molecular complexity index is 1410. The van der Waals surface area contributed by atoms with E-state index >= 15 is 0 Å². The highest BCUT2D eigenvalue weighted by molar-refractivity contribution is 7.92. The van der Waals surface area contributed by atoms with E-state index in [0.717, 1.165) is 20.6 Å². The van der Waals surface area contributed by atoms with E-state index in [4.69, 9.17) is 23.2 Å². The molecule has 0 heterocycles. The highest BCUT2D eigenvalue weighted by atomic mass is 35.5. The van der Waals surface area contributed by atoms with Gasteiger partial charge in [-0.1, -0.05) is 65.7 Å². The summed E-state index contributed by atoms with van der Waals surface area (Å²) in [5.41, 5.74) is 1.20. The third-order valence-electron chi connectivity index (χ3n) is 5.09. The van der Waals surface area contributed by atoms with Gasteiger partial charge in [0, 0.05) is 16.6 Å². The molecule has 1 N–H and O–H groups in total. The summed E-state index contributed by atoms with van der Waals surface area (Å²) in [4.78, 5) is 12.8. The van der Waals surface area contributed by atoms with Crippen LogP contribution in [0.25, 0.3) is 10.8 Å². The minimum Gasteiger partial charge on any atom is -0.350 e. The van der Waals surface area contributed by atoms with E-state index < -0.39 is 22.5 Å². The van der Waals surface area contributed by atoms with Crippen LogP contribution in [-0.2, 0) is 21.4 Å². The number of sulfonamides is 1. The van der Waals surface area contributed by atoms with Crippen LogP contribution in [0.3, 0.4) is 0 Å². The Balaban J connectivity index is 1.56. The summed E-state index contributed by atoms with van der Waals surface area (Å²) < 4.78 is 27.8. The first-order chi connectivity index (χ1) is 15.8. The molecular formula is C25H20Cl2N2O3S. The van der Waals surface area contributed by atoms with E-state index in [2.05, 4.69) is 5.32 Å². The van der Waals surface area contributed by atoms with Crippen molar-refractivity contribution in [1.82, 2.24) is 5.32 Å². The monoisotopic (exact) mass is 498 g/mol. The van der Waals surface area contributed by atoms with Gasteiger partial charge in [0.1, 0.15) is 6.54 Å². The zero-order valence-corrected chi connectivity index (χ0v) is 19.7. The SMILES string of the molecule is O=C(CN(c1cccc(Cl)c1)S(=O)(=O)c1ccc(Cl)cc1)NCc1ccc2ccccc2c1. The molecule has 0 atom stereocenters. The molecule has 1 amide bonds. The number of anilines is 1. The second-order valence-corrected chi connectivity index (χ2v) is 10.1. The molecule has 8 heteroatoms. The van der Waals surface area contributed by atoms with Crippen molar-refractivity contribution >= 4 is 55.6 Å². The first kappa shape index (κ1) is 23.1. The normalized spacial score (nSPS) is 11.3. The predicted molar refractivity (Wildman–Crippen MR) is 133 cm³/mol. The Morgan fingerprint density at radius 3 is 2.24 bits per heavy atom. The number of fused-ring (bicyclic) bond motifs is 1. The van der Waals surface area contributed by atoms with Crippen LogP contribution in [0, 0.1) is 0 Å². The van der Waals surface area contributed by atoms with Gasteiger partial charge in [-0.15, -0.1) is 0 Å². The summed E-state index contributed by atoms with van der Waals surface area (Å²) in [5, 5.41) is 5.76. The molecule has 4 rings (SSSR count). The molecule has 5 nitrogen and oxygen atoms in total. The number of benzene rings is 4. The maximum absolute atomic E-state index is 13.4. The highest BCUT2D eigenvalue weighted by Gasteiger charge is 2.27. The average molecular weight is 499 g/mol. The molecule has 0 aliphatic rings. The van der Waals surface area contributed by atoms with Crippen LogP contribution in [0.5, 0.6) is 0 Å². The Hall–Kier alpha value is -3.06. The van der Waals surface area contributed by atoms with Gasteiger partial charge in [0.15, 0.2) is 0 Å². The number of nitrogens with zero attached hydrogens (tertiary/aromatic N) is 1. The molecule has 0 spiro atoms. The molecule has 168 valence electrons. The predicted octanol–water partition coefficient (Wildman–Crippen LogP) is 5.66. The molecule has 33 heavy (non-hydrogen) atoms. The minimum absolute atomic E-state index is 0.0224. The fraction of sp³-hybridized carbons (Fsp3) is 0.0800. The molecule has 0 saturated carbocycles. The Kier molecular flexibility index (Phi) is 6.88. The van der Waals surface area contributed by atoms with E-state index in [1.807, 2.05) is 42.5 Å². The van der Waals surface area contributed by atoms with E-state index in [1.165, 1.54) is 30.3 Å². The van der Waals surface area contributed by atoms with Crippen LogP contribution in [0.4, 0.5) is 5.69 Å². The molecule has 4 aromatic rings. The Labute approximate surface area is 202 Å². The lowest BCUT2D eigenvalue weighted by Crippen LogP contribution is -2.40. The fourth-order valence-corrected chi connectivity index (χ4v) is 5.14. The number of nitrogens with one attached hydrogen (secondary N) is 1. The molecular weight excluding hydrogens is 479 g/mol. The number of rotatable bonds is 7. The molecule has 0 bridgehead atoms. The van der Waals surface area contributed by atoms with Crippen molar-refractivity contribution < 1.29 is 13.2 Å². The van der Waals surface area contributed by atoms with E-state index in [1.54, 1.807) is 18.2 Å². The summed E-state index contributed by atoms with van der Waals surface area (Å²) in [6, 6.07) is 26.0. The van der Waals surface area contributed by atoms with Gasteiger partial charge in [-0.25, -0.2) is 8.42 Å². The van der Waals surface area contributed by atoms with E-state index in [9.17, 15) is 13.2 Å². The molecule has 0 radical (unpaired) electrons. The molecule has 0 aliphatic heterocycles. The minimum atomic E-state index is -4.04. The topological polar surface area (TPSA) is 66.5 Å². The van der Waals surface area contributed by atoms with Crippen molar-refractivity contribution in [3.63, 3.8) is 0 Å². The summed E-state index contributed by atoms with van der Waals surface area (Å²) in [6.07, 6.45) is 0. The van der Waals surface area contributed by atoms with Crippen molar-refractivity contribution in [2.24, 2.45) is 0 Å². The molecule has 0 saturated heterocycles. The summed E-state index contributed by atoms with van der Waals surface area (Å²) in [6.45, 7) is -0.132. The molecule has 0 unspecified atom stereocenters. The quantitative estimate of drug-likeness (QED) is 0.357. The van der Waals surface area contributed by atoms with Gasteiger partial charge < -0.3 is 5.32 Å². The standard InChI is InChI=1S/C25H20Cl2N2O3S/c26-21-10-12-24(13-11-21)33(31,32)29(23-7-3-6-22(27)15-23)17-25(30)28-16-18-8-9-19-4-1-2-5-20(19)14-18/h1-15H,16-17H2,(H,28,30). The zero-order chi connectivity index (χ0) is 23.4. The van der Waals surface area contributed by atoms with Crippen LogP contribution >= 0.6 is 23.2 Å². The third-order valence-corrected chi connectivity index (χ3v) is 7.36. The maximum atomic E-state index is 13.4. The average Bonchev–Trinajstić information content (AvgIpc) is 2.81. The lowest BCUT2D eigenvalue weighted by Gasteiger charge is -2.24. The second kappa shape index (κ2) is 9.83. The lowest BCUT2D eigenvalue weighted by atomic mass is 10.1. The summed E-state index contributed by atoms with van der Waals surface area (Å²) >= 11 is 12.0. The van der Waals surface area contributed by atoms with E-state index in [-0.39, 0.29) is 11.4 Å². The lowest BCUT2D eigenvalue weighted by molar-refractivity contribution is -0.119. The first-order valence-electron chi connectivity index (χ1n) is 10.1. The van der Waals surface area contributed by atoms with E-state index in [0.29, 0.717) is 15.7 Å². The van der Waals surface area contributed by atoms with Crippen LogP contribution in [0.1, 0.15) is 5.56 Å². The summed E-state index contributed by atoms with van der Waals surface area (Å²) in [7, 11) is -4.04. The van der Waals surface area contributed by atoms with Crippen molar-refractivity contribution in [2.75, 3.05) is 10.8 Å². The van der Waals surface area contributed by atoms with Gasteiger partial charge in [-0.3, -0.25) is 9.10 Å². The Morgan fingerprint density at radius 1 is 0.788 bits per heavy atom. The van der Waals surface area contributed by atoms with Gasteiger partial charge >= 0.3 is 0 Å². The largest absolute Gasteiger partial charge is 0.350 e. The van der Waals surface area contributed by atoms with Gasteiger partial charge in [-0.05, 0) is 64.9 Å². The van der Waals surface area contributed by atoms with Gasteiger partial charge in [0.25, 0.3) is 10.0 Å². The van der Waals surface area contributed by atoms with Crippen LogP contribution in [0.15, 0.2) is 95.9 Å². The van der Waals surface area contributed by atoms with Crippen molar-refractivity contribution in [3.05, 3.63) is 107 Å². The summed E-state index contributed by atoms with van der Waals surface area (Å²) in [5.74, 6) is -0.444. The van der Waals surface area contributed by atoms with Crippen molar-refractivity contribution in [1.29, 1.82) is 0 Å². The molecule has 0 aromatic heterocycles. The van der Waals surface area contributed by atoms with Gasteiger partial charge in [0.2, 0.25) is 5.91 Å². The number of carbonyl (C=O) groups is 1. The molecule has 0 aliphatic carbocycles. The third kappa shape index (κ3) is 5.47. The van der Waals surface area contributed by atoms with Gasteiger partial charge in [-0.2, -0.15) is 0 Å². The first-order valence-corrected chi connectivity index (χ1v) is 12.3. The molecule has 0 fully saturated rings. The Morgan fingerprint density at radius 2 is 1.52 bits per heavy atom. The number of carbonyl (C=O) groups excluding carboxylic acids is 1. The zero-order valence-electron chi connectivity index (χ0n) is 17.4. The number of amides is 1. The smallest absolute Gasteiger partial charge is 0.264 e. The number of hydrogen-bond donors (Lipinski definition) is 1. The number of hydrogen-bond acceptors (Lipinski definition) is 3. The van der Waals surface area contributed by atoms with Crippen molar-refractivity contribution in [2.45, 2.75) is 11.4 Å². The second-order valence-electron chi connectivity index (χ2n) is 7.40. The maximum Gasteiger partial charge on any atom is 0.264 e. The van der Waals surface area contributed by atoms with Crippen molar-refractivity contribution in [3.8, 4) is 0 Å². The highest BCUT2D eigenvalue weighted by Crippen LogP contribution is 2.27. The van der Waals surface area contributed by atoms with Crippen LogP contribution < -0.4 is 9.62 Å². The van der Waals surface area contributed by atoms with Crippen LogP contribution in [-0.4, -0.2) is 20.9 Å². The fourth-order valence-electron chi connectivity index (χ4n) is 3.42. The van der Waals surface area contributed by atoms with Crippen LogP contribution in [0.2, 0.25) is 10.0 Å².